The van der Waals surface area contributed by atoms with E-state index in [9.17, 15) is 9.59 Å². The first-order valence-corrected chi connectivity index (χ1v) is 5.07. The van der Waals surface area contributed by atoms with Crippen LogP contribution in [-0.2, 0) is 11.2 Å². The Kier molecular flexibility index (Phi) is 1.94. The summed E-state index contributed by atoms with van der Waals surface area (Å²) in [5.41, 5.74) is 1.31. The van der Waals surface area contributed by atoms with Crippen LogP contribution in [0.3, 0.4) is 0 Å². The van der Waals surface area contributed by atoms with E-state index in [0.29, 0.717) is 24.2 Å². The SMILES string of the molecule is COC(=O)c1nc2ncc3c(n2n1)CCC3=O. The molecule has 0 radical (unpaired) electrons. The number of carbonyl (C=O) groups is 2. The smallest absolute Gasteiger partial charge is 0.378 e. The van der Waals surface area contributed by atoms with E-state index in [4.69, 9.17) is 0 Å². The molecule has 0 amide bonds. The van der Waals surface area contributed by atoms with Crippen LogP contribution in [0.2, 0.25) is 0 Å². The highest BCUT2D eigenvalue weighted by Gasteiger charge is 2.25. The highest BCUT2D eigenvalue weighted by atomic mass is 16.5. The number of ether oxygens (including phenoxy) is 1. The van der Waals surface area contributed by atoms with E-state index in [2.05, 4.69) is 19.8 Å². The van der Waals surface area contributed by atoms with Crippen LogP contribution in [-0.4, -0.2) is 38.4 Å². The van der Waals surface area contributed by atoms with Gasteiger partial charge in [0.15, 0.2) is 5.78 Å². The van der Waals surface area contributed by atoms with Gasteiger partial charge in [-0.15, -0.1) is 5.10 Å². The molecular formula is C10H8N4O3. The lowest BCUT2D eigenvalue weighted by Crippen LogP contribution is -2.05. The van der Waals surface area contributed by atoms with Gasteiger partial charge in [-0.2, -0.15) is 9.50 Å². The van der Waals surface area contributed by atoms with Crippen molar-refractivity contribution in [1.82, 2.24) is 19.6 Å². The number of ketones is 1. The zero-order valence-corrected chi connectivity index (χ0v) is 9.01. The Hall–Kier alpha value is -2.31. The molecule has 0 aromatic carbocycles. The summed E-state index contributed by atoms with van der Waals surface area (Å²) in [5.74, 6) is -0.315. The summed E-state index contributed by atoms with van der Waals surface area (Å²) in [6.07, 6.45) is 2.52. The molecule has 0 saturated heterocycles. The molecular weight excluding hydrogens is 224 g/mol. The number of carbonyl (C=O) groups excluding carboxylic acids is 2. The maximum absolute atomic E-state index is 11.5. The van der Waals surface area contributed by atoms with Gasteiger partial charge in [-0.25, -0.2) is 9.78 Å². The average Bonchev–Trinajstić information content (AvgIpc) is 2.91. The number of hydrogen-bond acceptors (Lipinski definition) is 6. The van der Waals surface area contributed by atoms with Crippen molar-refractivity contribution in [2.45, 2.75) is 12.8 Å². The highest BCUT2D eigenvalue weighted by molar-refractivity contribution is 5.99. The van der Waals surface area contributed by atoms with E-state index in [1.54, 1.807) is 0 Å². The largest absolute Gasteiger partial charge is 0.463 e. The molecule has 0 bridgehead atoms. The van der Waals surface area contributed by atoms with Crippen molar-refractivity contribution >= 4 is 17.5 Å². The first-order valence-electron chi connectivity index (χ1n) is 5.07. The Morgan fingerprint density at radius 3 is 3.06 bits per heavy atom. The molecule has 1 aliphatic rings. The van der Waals surface area contributed by atoms with Crippen molar-refractivity contribution in [3.05, 3.63) is 23.3 Å². The van der Waals surface area contributed by atoms with Crippen molar-refractivity contribution in [2.24, 2.45) is 0 Å². The molecule has 0 saturated carbocycles. The fourth-order valence-corrected chi connectivity index (χ4v) is 1.90. The van der Waals surface area contributed by atoms with Gasteiger partial charge < -0.3 is 4.74 Å². The minimum absolute atomic E-state index is 0.0459. The molecule has 2 heterocycles. The average molecular weight is 232 g/mol. The lowest BCUT2D eigenvalue weighted by molar-refractivity contribution is 0.0587. The number of Topliss-reactive ketones (excluding diaryl/α,β-unsaturated/α-hetero) is 1. The van der Waals surface area contributed by atoms with Crippen LogP contribution in [0, 0.1) is 0 Å². The van der Waals surface area contributed by atoms with Gasteiger partial charge in [0.2, 0.25) is 0 Å². The number of hydrogen-bond donors (Lipinski definition) is 0. The van der Waals surface area contributed by atoms with Gasteiger partial charge in [-0.1, -0.05) is 0 Å². The fraction of sp³-hybridized carbons (Fsp3) is 0.300. The van der Waals surface area contributed by atoms with Crippen LogP contribution in [0.4, 0.5) is 0 Å². The van der Waals surface area contributed by atoms with E-state index in [0.717, 1.165) is 5.69 Å². The lowest BCUT2D eigenvalue weighted by atomic mass is 10.2. The van der Waals surface area contributed by atoms with Gasteiger partial charge in [0.25, 0.3) is 11.6 Å². The third-order valence-corrected chi connectivity index (χ3v) is 2.72. The standard InChI is InChI=1S/C10H8N4O3/c1-17-9(16)8-12-10-11-4-5-6(14(10)13-8)2-3-7(5)15/h4H,2-3H2,1H3. The molecule has 0 fully saturated rings. The Morgan fingerprint density at radius 1 is 1.47 bits per heavy atom. The minimum Gasteiger partial charge on any atom is -0.463 e. The predicted molar refractivity (Wildman–Crippen MR) is 54.8 cm³/mol. The van der Waals surface area contributed by atoms with E-state index in [-0.39, 0.29) is 11.6 Å². The van der Waals surface area contributed by atoms with Gasteiger partial charge in [-0.3, -0.25) is 4.79 Å². The van der Waals surface area contributed by atoms with Crippen molar-refractivity contribution in [1.29, 1.82) is 0 Å². The number of aryl methyl sites for hydroxylation is 1. The highest BCUT2D eigenvalue weighted by Crippen LogP contribution is 2.21. The van der Waals surface area contributed by atoms with E-state index >= 15 is 0 Å². The monoisotopic (exact) mass is 232 g/mol. The summed E-state index contributed by atoms with van der Waals surface area (Å²) in [6.45, 7) is 0. The minimum atomic E-state index is -0.617. The van der Waals surface area contributed by atoms with E-state index in [1.807, 2.05) is 0 Å². The summed E-state index contributed by atoms with van der Waals surface area (Å²) in [7, 11) is 1.26. The summed E-state index contributed by atoms with van der Waals surface area (Å²) >= 11 is 0. The van der Waals surface area contributed by atoms with Gasteiger partial charge in [0.05, 0.1) is 18.4 Å². The van der Waals surface area contributed by atoms with Gasteiger partial charge >= 0.3 is 5.97 Å². The van der Waals surface area contributed by atoms with Crippen LogP contribution >= 0.6 is 0 Å². The first kappa shape index (κ1) is 9.88. The molecule has 0 aliphatic heterocycles. The maximum atomic E-state index is 11.5. The van der Waals surface area contributed by atoms with Crippen molar-refractivity contribution in [3.8, 4) is 0 Å². The quantitative estimate of drug-likeness (QED) is 0.645. The first-order chi connectivity index (χ1) is 8.20. The Bertz CT molecular complexity index is 646. The number of esters is 1. The van der Waals surface area contributed by atoms with Crippen molar-refractivity contribution in [3.63, 3.8) is 0 Å². The fourth-order valence-electron chi connectivity index (χ4n) is 1.90. The second-order valence-corrected chi connectivity index (χ2v) is 3.68. The zero-order valence-electron chi connectivity index (χ0n) is 9.01. The summed E-state index contributed by atoms with van der Waals surface area (Å²) in [5, 5.41) is 4.01. The van der Waals surface area contributed by atoms with Crippen molar-refractivity contribution in [2.75, 3.05) is 7.11 Å². The molecule has 7 nitrogen and oxygen atoms in total. The summed E-state index contributed by atoms with van der Waals surface area (Å²) in [6, 6.07) is 0. The topological polar surface area (TPSA) is 86.4 Å². The normalized spacial score (nSPS) is 14.1. The zero-order chi connectivity index (χ0) is 12.0. The van der Waals surface area contributed by atoms with Gasteiger partial charge in [0, 0.05) is 12.6 Å². The van der Waals surface area contributed by atoms with Crippen molar-refractivity contribution < 1.29 is 14.3 Å². The molecule has 0 atom stereocenters. The van der Waals surface area contributed by atoms with E-state index < -0.39 is 5.97 Å². The summed E-state index contributed by atoms with van der Waals surface area (Å²) in [4.78, 5) is 30.7. The number of methoxy groups -OCH3 is 1. The van der Waals surface area contributed by atoms with E-state index in [1.165, 1.54) is 17.8 Å². The number of fused-ring (bicyclic) bond motifs is 3. The van der Waals surface area contributed by atoms with Crippen LogP contribution in [0.25, 0.3) is 5.78 Å². The van der Waals surface area contributed by atoms with Crippen LogP contribution in [0.1, 0.15) is 33.1 Å². The molecule has 3 rings (SSSR count). The lowest BCUT2D eigenvalue weighted by Gasteiger charge is -1.98. The number of rotatable bonds is 1. The predicted octanol–water partition coefficient (Wildman–Crippen LogP) is 0.0398. The molecule has 0 spiro atoms. The number of aromatic nitrogens is 4. The summed E-state index contributed by atoms with van der Waals surface area (Å²) < 4.78 is 5.97. The maximum Gasteiger partial charge on any atom is 0.378 e. The third-order valence-electron chi connectivity index (χ3n) is 2.72. The Balaban J connectivity index is 2.24. The second-order valence-electron chi connectivity index (χ2n) is 3.68. The number of nitrogens with zero attached hydrogens (tertiary/aromatic N) is 4. The Labute approximate surface area is 95.4 Å². The molecule has 2 aromatic rings. The second kappa shape index (κ2) is 3.34. The molecule has 1 aliphatic carbocycles. The Morgan fingerprint density at radius 2 is 2.29 bits per heavy atom. The molecule has 17 heavy (non-hydrogen) atoms. The van der Waals surface area contributed by atoms with Crippen LogP contribution in [0.5, 0.6) is 0 Å². The molecule has 2 aromatic heterocycles. The molecule has 0 N–H and O–H groups in total. The third kappa shape index (κ3) is 1.32. The van der Waals surface area contributed by atoms with Crippen LogP contribution < -0.4 is 0 Å². The molecule has 7 heteroatoms. The van der Waals surface area contributed by atoms with Gasteiger partial charge in [-0.05, 0) is 6.42 Å². The molecule has 0 unspecified atom stereocenters. The van der Waals surface area contributed by atoms with Crippen LogP contribution in [0.15, 0.2) is 6.20 Å². The van der Waals surface area contributed by atoms with Gasteiger partial charge in [0.1, 0.15) is 0 Å². The molecule has 86 valence electrons.